The number of fused-ring (bicyclic) bond motifs is 1. The van der Waals surface area contributed by atoms with E-state index in [-0.39, 0.29) is 17.8 Å². The highest BCUT2D eigenvalue weighted by Gasteiger charge is 2.30. The number of urea groups is 1. The molecule has 0 bridgehead atoms. The average molecular weight is 408 g/mol. The molecule has 3 heterocycles. The van der Waals surface area contributed by atoms with Crippen molar-refractivity contribution in [2.24, 2.45) is 5.92 Å². The van der Waals surface area contributed by atoms with E-state index in [0.29, 0.717) is 37.7 Å². The summed E-state index contributed by atoms with van der Waals surface area (Å²) >= 11 is 0. The highest BCUT2D eigenvalue weighted by Crippen LogP contribution is 2.24. The second-order valence-corrected chi connectivity index (χ2v) is 8.36. The number of amides is 2. The van der Waals surface area contributed by atoms with Crippen LogP contribution in [0.1, 0.15) is 31.9 Å². The van der Waals surface area contributed by atoms with E-state index in [1.807, 2.05) is 34.9 Å². The molecule has 7 nitrogen and oxygen atoms in total. The Morgan fingerprint density at radius 1 is 1.20 bits per heavy atom. The summed E-state index contributed by atoms with van der Waals surface area (Å²) in [4.78, 5) is 32.1. The molecule has 4 rings (SSSR count). The minimum Gasteiger partial charge on any atom is -0.338 e. The maximum atomic E-state index is 13.2. The maximum absolute atomic E-state index is 13.2. The Kier molecular flexibility index (Phi) is 5.88. The van der Waals surface area contributed by atoms with Crippen molar-refractivity contribution >= 4 is 17.2 Å². The molecule has 30 heavy (non-hydrogen) atoms. The zero-order valence-corrected chi connectivity index (χ0v) is 17.6. The van der Waals surface area contributed by atoms with E-state index >= 15 is 0 Å². The van der Waals surface area contributed by atoms with Crippen LogP contribution >= 0.6 is 0 Å². The highest BCUT2D eigenvalue weighted by atomic mass is 16.2. The lowest BCUT2D eigenvalue weighted by molar-refractivity contribution is 0.207. The predicted octanol–water partition coefficient (Wildman–Crippen LogP) is 3.05. The Morgan fingerprint density at radius 3 is 2.77 bits per heavy atom. The van der Waals surface area contributed by atoms with Gasteiger partial charge in [0.25, 0.3) is 0 Å². The van der Waals surface area contributed by atoms with Crippen molar-refractivity contribution in [3.8, 4) is 0 Å². The van der Waals surface area contributed by atoms with Gasteiger partial charge in [-0.3, -0.25) is 9.13 Å². The molecule has 1 fully saturated rings. The summed E-state index contributed by atoms with van der Waals surface area (Å²) in [5.41, 5.74) is 2.74. The van der Waals surface area contributed by atoms with Crippen LogP contribution in [-0.2, 0) is 13.0 Å². The van der Waals surface area contributed by atoms with Gasteiger partial charge in [-0.25, -0.2) is 14.6 Å². The Bertz CT molecular complexity index is 1070. The molecular formula is C23H29N5O2. The minimum absolute atomic E-state index is 0.0336. The van der Waals surface area contributed by atoms with E-state index in [0.717, 1.165) is 18.4 Å². The number of likely N-dealkylation sites (tertiary alicyclic amines) is 1. The third-order valence-electron chi connectivity index (χ3n) is 5.62. The largest absolute Gasteiger partial charge is 0.338 e. The van der Waals surface area contributed by atoms with Crippen molar-refractivity contribution in [1.29, 1.82) is 0 Å². The first-order valence-corrected chi connectivity index (χ1v) is 10.7. The first-order chi connectivity index (χ1) is 14.5. The predicted molar refractivity (Wildman–Crippen MR) is 118 cm³/mol. The number of nitrogens with zero attached hydrogens (tertiary/aromatic N) is 4. The molecule has 1 aliphatic heterocycles. The van der Waals surface area contributed by atoms with E-state index in [9.17, 15) is 9.59 Å². The van der Waals surface area contributed by atoms with Gasteiger partial charge in [0.2, 0.25) is 0 Å². The molecule has 0 saturated carbocycles. The van der Waals surface area contributed by atoms with Crippen LogP contribution in [-0.4, -0.2) is 44.7 Å². The summed E-state index contributed by atoms with van der Waals surface area (Å²) in [5, 5.41) is 3.01. The number of pyridine rings is 1. The quantitative estimate of drug-likeness (QED) is 0.683. The van der Waals surface area contributed by atoms with Gasteiger partial charge in [0.05, 0.1) is 11.6 Å². The lowest BCUT2D eigenvalue weighted by Gasteiger charge is -2.18. The second-order valence-electron chi connectivity index (χ2n) is 8.36. The topological polar surface area (TPSA) is 72.2 Å². The molecule has 0 unspecified atom stereocenters. The van der Waals surface area contributed by atoms with Crippen LogP contribution < -0.4 is 11.0 Å². The number of carbonyl (C=O) groups excluding carboxylic acids is 1. The van der Waals surface area contributed by atoms with Crippen molar-refractivity contribution in [2.45, 2.75) is 39.3 Å². The zero-order valence-electron chi connectivity index (χ0n) is 17.6. The van der Waals surface area contributed by atoms with E-state index in [1.165, 1.54) is 5.56 Å². The molecule has 7 heteroatoms. The Balaban J connectivity index is 1.45. The summed E-state index contributed by atoms with van der Waals surface area (Å²) in [6.07, 6.45) is 3.28. The molecule has 0 spiro atoms. The van der Waals surface area contributed by atoms with Crippen molar-refractivity contribution in [3.05, 3.63) is 64.7 Å². The molecule has 2 amide bonds. The first kappa shape index (κ1) is 20.2. The fourth-order valence-corrected chi connectivity index (χ4v) is 4.19. The number of rotatable bonds is 6. The Hall–Kier alpha value is -3.09. The molecule has 1 aliphatic rings. The minimum atomic E-state index is -0.0691. The summed E-state index contributed by atoms with van der Waals surface area (Å²) in [5.74, 6) is 0.359. The van der Waals surface area contributed by atoms with E-state index in [2.05, 4.69) is 36.3 Å². The molecule has 1 aromatic carbocycles. The van der Waals surface area contributed by atoms with Crippen LogP contribution in [0.15, 0.2) is 53.5 Å². The van der Waals surface area contributed by atoms with Crippen LogP contribution in [0.2, 0.25) is 0 Å². The number of benzene rings is 1. The van der Waals surface area contributed by atoms with Gasteiger partial charge in [0.1, 0.15) is 0 Å². The second kappa shape index (κ2) is 8.73. The molecule has 2 aromatic heterocycles. The Morgan fingerprint density at radius 2 is 2.00 bits per heavy atom. The van der Waals surface area contributed by atoms with Gasteiger partial charge < -0.3 is 10.2 Å². The van der Waals surface area contributed by atoms with Gasteiger partial charge in [-0.2, -0.15) is 0 Å². The highest BCUT2D eigenvalue weighted by molar-refractivity contribution is 5.75. The molecule has 1 atom stereocenters. The summed E-state index contributed by atoms with van der Waals surface area (Å²) in [7, 11) is 0. The molecule has 158 valence electrons. The summed E-state index contributed by atoms with van der Waals surface area (Å²) < 4.78 is 3.60. The van der Waals surface area contributed by atoms with Crippen molar-refractivity contribution in [1.82, 2.24) is 24.3 Å². The van der Waals surface area contributed by atoms with Crippen LogP contribution in [0.25, 0.3) is 11.2 Å². The molecular weight excluding hydrogens is 378 g/mol. The van der Waals surface area contributed by atoms with Gasteiger partial charge in [-0.05, 0) is 36.5 Å². The number of nitrogens with one attached hydrogen (secondary N) is 1. The third kappa shape index (κ3) is 4.10. The van der Waals surface area contributed by atoms with E-state index in [4.69, 9.17) is 0 Å². The fourth-order valence-electron chi connectivity index (χ4n) is 4.19. The van der Waals surface area contributed by atoms with Gasteiger partial charge in [0, 0.05) is 32.4 Å². The Labute approximate surface area is 176 Å². The van der Waals surface area contributed by atoms with Crippen LogP contribution in [0.5, 0.6) is 0 Å². The van der Waals surface area contributed by atoms with Gasteiger partial charge >= 0.3 is 11.7 Å². The molecule has 3 aromatic rings. The van der Waals surface area contributed by atoms with E-state index < -0.39 is 0 Å². The SMILES string of the molecule is CC(C)Cn1c(=O)n([C@@H]2CCN(C(=O)NCCc3ccccc3)C2)c2ncccc21. The zero-order chi connectivity index (χ0) is 21.1. The lowest BCUT2D eigenvalue weighted by atomic mass is 10.1. The van der Waals surface area contributed by atoms with Gasteiger partial charge in [0.15, 0.2) is 5.65 Å². The van der Waals surface area contributed by atoms with Crippen LogP contribution in [0.3, 0.4) is 0 Å². The number of carbonyl (C=O) groups is 1. The van der Waals surface area contributed by atoms with Crippen molar-refractivity contribution < 1.29 is 4.79 Å². The summed E-state index contributed by atoms with van der Waals surface area (Å²) in [6, 6.07) is 13.8. The molecule has 0 radical (unpaired) electrons. The van der Waals surface area contributed by atoms with Crippen molar-refractivity contribution in [2.75, 3.05) is 19.6 Å². The molecule has 0 aliphatic carbocycles. The lowest BCUT2D eigenvalue weighted by Crippen LogP contribution is -2.40. The normalized spacial score (nSPS) is 16.5. The molecule has 1 saturated heterocycles. The van der Waals surface area contributed by atoms with Crippen LogP contribution in [0.4, 0.5) is 4.79 Å². The smallest absolute Gasteiger partial charge is 0.330 e. The maximum Gasteiger partial charge on any atom is 0.330 e. The fraction of sp³-hybridized carbons (Fsp3) is 0.435. The number of aromatic nitrogens is 3. The van der Waals surface area contributed by atoms with E-state index in [1.54, 1.807) is 15.7 Å². The first-order valence-electron chi connectivity index (χ1n) is 10.7. The number of hydrogen-bond donors (Lipinski definition) is 1. The van der Waals surface area contributed by atoms with Crippen molar-refractivity contribution in [3.63, 3.8) is 0 Å². The standard InChI is InChI=1S/C23H29N5O2/c1-17(2)15-27-20-9-6-12-24-21(20)28(23(27)30)19-11-14-26(16-19)22(29)25-13-10-18-7-4-3-5-8-18/h3-9,12,17,19H,10-11,13-16H2,1-2H3,(H,25,29)/t19-/m1/s1. The third-order valence-corrected chi connectivity index (χ3v) is 5.62. The number of hydrogen-bond acceptors (Lipinski definition) is 3. The van der Waals surface area contributed by atoms with Gasteiger partial charge in [-0.1, -0.05) is 44.2 Å². The average Bonchev–Trinajstić information content (AvgIpc) is 3.32. The molecule has 1 N–H and O–H groups in total. The number of imidazole rings is 1. The summed E-state index contributed by atoms with van der Waals surface area (Å²) in [6.45, 7) is 6.61. The van der Waals surface area contributed by atoms with Crippen LogP contribution in [0, 0.1) is 5.92 Å². The monoisotopic (exact) mass is 407 g/mol. The van der Waals surface area contributed by atoms with Gasteiger partial charge in [-0.15, -0.1) is 0 Å².